The van der Waals surface area contributed by atoms with Crippen molar-refractivity contribution in [3.8, 4) is 0 Å². The lowest BCUT2D eigenvalue weighted by molar-refractivity contribution is 0.686. The van der Waals surface area contributed by atoms with Crippen LogP contribution in [0.3, 0.4) is 0 Å². The first kappa shape index (κ1) is 28.2. The van der Waals surface area contributed by atoms with Crippen LogP contribution in [0.4, 0.5) is 0 Å². The summed E-state index contributed by atoms with van der Waals surface area (Å²) in [6.45, 7) is 0. The van der Waals surface area contributed by atoms with E-state index in [1.807, 2.05) is 25.2 Å². The number of aromatic nitrogens is 1. The molecule has 5 heteroatoms. The van der Waals surface area contributed by atoms with Crippen molar-refractivity contribution in [2.45, 2.75) is 40.5 Å². The van der Waals surface area contributed by atoms with Gasteiger partial charge in [0.25, 0.3) is 0 Å². The van der Waals surface area contributed by atoms with Gasteiger partial charge in [0.05, 0.1) is 5.52 Å². The highest BCUT2D eigenvalue weighted by atomic mass is 32.3. The van der Waals surface area contributed by atoms with Crippen LogP contribution in [0.1, 0.15) is 35.8 Å². The van der Waals surface area contributed by atoms with Crippen molar-refractivity contribution in [3.05, 3.63) is 156 Å². The molecule has 2 unspecified atom stereocenters. The molecule has 0 saturated carbocycles. The molecule has 5 aromatic rings. The number of allylic oxidation sites excluding steroid dienone is 4. The molecular formula is C39H38N4S. The predicted molar refractivity (Wildman–Crippen MR) is 188 cm³/mol. The summed E-state index contributed by atoms with van der Waals surface area (Å²) < 4.78 is 2.45. The van der Waals surface area contributed by atoms with Gasteiger partial charge in [-0.1, -0.05) is 103 Å². The predicted octanol–water partition coefficient (Wildman–Crippen LogP) is 8.93. The minimum atomic E-state index is -1.94. The summed E-state index contributed by atoms with van der Waals surface area (Å²) >= 11 is 0. The lowest BCUT2D eigenvalue weighted by Crippen LogP contribution is -2.41. The maximum absolute atomic E-state index is 6.88. The lowest BCUT2D eigenvalue weighted by atomic mass is 10.0. The number of hydrogen-bond acceptors (Lipinski definition) is 2. The van der Waals surface area contributed by atoms with Gasteiger partial charge >= 0.3 is 0 Å². The van der Waals surface area contributed by atoms with Crippen molar-refractivity contribution in [2.24, 2.45) is 10.7 Å². The summed E-state index contributed by atoms with van der Waals surface area (Å²) in [7, 11) is -0.0401. The zero-order chi connectivity index (χ0) is 29.9. The molecule has 7 rings (SSSR count). The molecule has 0 saturated heterocycles. The molecule has 4 nitrogen and oxygen atoms in total. The van der Waals surface area contributed by atoms with Crippen LogP contribution in [0, 0.1) is 0 Å². The first-order valence-electron chi connectivity index (χ1n) is 15.4. The van der Waals surface area contributed by atoms with E-state index in [2.05, 4.69) is 137 Å². The van der Waals surface area contributed by atoms with Crippen molar-refractivity contribution in [1.29, 1.82) is 0 Å². The largest absolute Gasteiger partial charge is 0.346 e. The fraction of sp³-hybridized carbons (Fsp3) is 0.154. The van der Waals surface area contributed by atoms with Crippen LogP contribution in [0.25, 0.3) is 22.7 Å². The molecule has 2 aliphatic carbocycles. The normalized spacial score (nSPS) is 17.6. The van der Waals surface area contributed by atoms with Crippen molar-refractivity contribution in [3.63, 3.8) is 0 Å². The summed E-state index contributed by atoms with van der Waals surface area (Å²) in [5.74, 6) is 0. The van der Waals surface area contributed by atoms with Crippen LogP contribution in [0.5, 0.6) is 0 Å². The number of hydrogen-bond donors (Lipinski definition) is 2. The lowest BCUT2D eigenvalue weighted by Gasteiger charge is -2.48. The molecule has 3 N–H and O–H groups in total. The molecule has 0 aliphatic heterocycles. The number of amidine groups is 1. The Labute approximate surface area is 261 Å². The van der Waals surface area contributed by atoms with Gasteiger partial charge in [0.15, 0.2) is 0 Å². The number of nitrogens with two attached hydrogens (primary N) is 1. The molecule has 2 atom stereocenters. The van der Waals surface area contributed by atoms with Crippen LogP contribution in [0.15, 0.2) is 154 Å². The standard InChI is InChI=1S/C39H38N4S/c1-41-39(42-38(40)29-16-6-2-7-17-29)44(31-20-10-4-11-21-31,32-22-12-5-13-23-32)33-26-27-37-35(28-33)34-24-14-15-25-36(34)43(37)30-18-8-3-9-19-30/h2,4-8,10-27,33,38H,3,9,28,40H2,1H3,(H,41,42). The van der Waals surface area contributed by atoms with Crippen molar-refractivity contribution < 1.29 is 0 Å². The minimum absolute atomic E-state index is 0.143. The third kappa shape index (κ3) is 4.83. The first-order chi connectivity index (χ1) is 21.7. The molecule has 0 bridgehead atoms. The summed E-state index contributed by atoms with van der Waals surface area (Å²) in [5, 5.41) is 6.14. The van der Waals surface area contributed by atoms with Crippen LogP contribution in [0.2, 0.25) is 0 Å². The Morgan fingerprint density at radius 2 is 1.45 bits per heavy atom. The summed E-state index contributed by atoms with van der Waals surface area (Å²) in [6, 6.07) is 41.0. The zero-order valence-corrected chi connectivity index (χ0v) is 25.8. The van der Waals surface area contributed by atoms with Gasteiger partial charge in [-0.15, -0.1) is 10.0 Å². The number of aliphatic imine (C=N–C) groups is 1. The van der Waals surface area contributed by atoms with Crippen molar-refractivity contribution in [2.75, 3.05) is 7.05 Å². The van der Waals surface area contributed by atoms with Crippen LogP contribution < -0.4 is 11.1 Å². The second-order valence-corrected chi connectivity index (χ2v) is 14.5. The van der Waals surface area contributed by atoms with E-state index in [9.17, 15) is 0 Å². The maximum atomic E-state index is 6.88. The topological polar surface area (TPSA) is 55.3 Å². The molecule has 0 fully saturated rings. The van der Waals surface area contributed by atoms with Crippen molar-refractivity contribution >= 4 is 37.9 Å². The van der Waals surface area contributed by atoms with Crippen LogP contribution >= 0.6 is 10.0 Å². The highest BCUT2D eigenvalue weighted by Gasteiger charge is 2.43. The minimum Gasteiger partial charge on any atom is -0.346 e. The van der Waals surface area contributed by atoms with Crippen LogP contribution in [-0.4, -0.2) is 22.0 Å². The summed E-state index contributed by atoms with van der Waals surface area (Å²) in [6.07, 6.45) is 14.4. The molecule has 220 valence electrons. The number of fused-ring (bicyclic) bond motifs is 3. The molecule has 44 heavy (non-hydrogen) atoms. The number of nitrogens with one attached hydrogen (secondary N) is 1. The Bertz CT molecular complexity index is 1850. The van der Waals surface area contributed by atoms with E-state index in [0.717, 1.165) is 30.0 Å². The third-order valence-corrected chi connectivity index (χ3v) is 12.9. The van der Waals surface area contributed by atoms with Crippen LogP contribution in [-0.2, 0) is 6.42 Å². The van der Waals surface area contributed by atoms with E-state index in [0.29, 0.717) is 0 Å². The molecule has 0 amide bonds. The van der Waals surface area contributed by atoms with Gasteiger partial charge < -0.3 is 15.6 Å². The van der Waals surface area contributed by atoms with Crippen molar-refractivity contribution in [1.82, 2.24) is 9.88 Å². The molecule has 2 aliphatic rings. The van der Waals surface area contributed by atoms with Gasteiger partial charge in [0.2, 0.25) is 0 Å². The number of rotatable bonds is 6. The quantitative estimate of drug-likeness (QED) is 0.117. The molecule has 0 radical (unpaired) electrons. The van der Waals surface area contributed by atoms with Gasteiger partial charge in [0, 0.05) is 38.9 Å². The smallest absolute Gasteiger partial charge is 0.148 e. The molecular weight excluding hydrogens is 557 g/mol. The average molecular weight is 595 g/mol. The second kappa shape index (κ2) is 12.2. The summed E-state index contributed by atoms with van der Waals surface area (Å²) in [4.78, 5) is 7.58. The zero-order valence-electron chi connectivity index (χ0n) is 25.0. The highest BCUT2D eigenvalue weighted by Crippen LogP contribution is 2.68. The molecule has 0 spiro atoms. The van der Waals surface area contributed by atoms with Gasteiger partial charge in [-0.25, -0.2) is 0 Å². The van der Waals surface area contributed by atoms with Gasteiger partial charge in [-0.3, -0.25) is 4.99 Å². The molecule has 1 heterocycles. The Morgan fingerprint density at radius 1 is 0.818 bits per heavy atom. The average Bonchev–Trinajstić information content (AvgIpc) is 3.43. The van der Waals surface area contributed by atoms with E-state index in [4.69, 9.17) is 10.7 Å². The number of nitrogens with zero attached hydrogens (tertiary/aromatic N) is 2. The fourth-order valence-electron chi connectivity index (χ4n) is 6.77. The Kier molecular flexibility index (Phi) is 7.82. The van der Waals surface area contributed by atoms with E-state index >= 15 is 0 Å². The van der Waals surface area contributed by atoms with E-state index in [1.54, 1.807) is 0 Å². The Hall–Kier alpha value is -4.58. The van der Waals surface area contributed by atoms with Gasteiger partial charge in [0.1, 0.15) is 11.3 Å². The van der Waals surface area contributed by atoms with E-state index < -0.39 is 16.2 Å². The van der Waals surface area contributed by atoms with E-state index in [1.165, 1.54) is 37.6 Å². The maximum Gasteiger partial charge on any atom is 0.148 e. The SMILES string of the molecule is CN=C(NC(N)c1ccccc1)S(c1ccccc1)(c1ccccc1)C1C=Cc2c(c3ccccc3n2C2=CCCC=C2)C1. The first-order valence-corrected chi connectivity index (χ1v) is 17.1. The van der Waals surface area contributed by atoms with Gasteiger partial charge in [-0.05, 0) is 72.9 Å². The van der Waals surface area contributed by atoms with Gasteiger partial charge in [-0.2, -0.15) is 0 Å². The Morgan fingerprint density at radius 3 is 2.09 bits per heavy atom. The Balaban J connectivity index is 1.43. The number of benzene rings is 4. The number of para-hydroxylation sites is 1. The summed E-state index contributed by atoms with van der Waals surface area (Å²) in [5.41, 5.74) is 13.1. The highest BCUT2D eigenvalue weighted by molar-refractivity contribution is 8.46. The van der Waals surface area contributed by atoms with E-state index in [-0.39, 0.29) is 5.25 Å². The third-order valence-electron chi connectivity index (χ3n) is 8.76. The fourth-order valence-corrected chi connectivity index (χ4v) is 11.0. The second-order valence-electron chi connectivity index (χ2n) is 11.3. The monoisotopic (exact) mass is 594 g/mol. The molecule has 1 aromatic heterocycles. The molecule has 4 aromatic carbocycles.